The summed E-state index contributed by atoms with van der Waals surface area (Å²) < 4.78 is 0. The first kappa shape index (κ1) is 9.71. The van der Waals surface area contributed by atoms with Crippen LogP contribution >= 0.6 is 0 Å². The number of carbonyl (C=O) groups is 1. The van der Waals surface area contributed by atoms with E-state index < -0.39 is 0 Å². The highest BCUT2D eigenvalue weighted by Gasteiger charge is 2.11. The zero-order valence-electron chi connectivity index (χ0n) is 8.16. The van der Waals surface area contributed by atoms with Gasteiger partial charge in [0.15, 0.2) is 0 Å². The third kappa shape index (κ3) is 3.23. The molecule has 0 atom stereocenters. The van der Waals surface area contributed by atoms with Crippen LogP contribution < -0.4 is 5.32 Å². The molecule has 1 rings (SSSR count). The van der Waals surface area contributed by atoms with Crippen LogP contribution in [0.25, 0.3) is 0 Å². The summed E-state index contributed by atoms with van der Waals surface area (Å²) in [6.07, 6.45) is 7.37. The number of carbonyl (C=O) groups excluding carboxylic acids is 1. The molecule has 0 saturated carbocycles. The average molecular weight is 178 g/mol. The van der Waals surface area contributed by atoms with Crippen molar-refractivity contribution in [3.05, 3.63) is 24.0 Å². The molecular formula is C10H14N2O. The Morgan fingerprint density at radius 2 is 2.23 bits per heavy atom. The lowest BCUT2D eigenvalue weighted by Crippen LogP contribution is -2.17. The number of hydrogen-bond acceptors (Lipinski definition) is 2. The molecule has 70 valence electrons. The zero-order valence-corrected chi connectivity index (χ0v) is 8.16. The summed E-state index contributed by atoms with van der Waals surface area (Å²) in [4.78, 5) is 14.8. The highest BCUT2D eigenvalue weighted by Crippen LogP contribution is 2.17. The third-order valence-corrected chi connectivity index (χ3v) is 1.63. The largest absolute Gasteiger partial charge is 0.325 e. The fourth-order valence-electron chi connectivity index (χ4n) is 0.978. The van der Waals surface area contributed by atoms with Gasteiger partial charge in [-0.05, 0) is 6.08 Å². The highest BCUT2D eigenvalue weighted by atomic mass is 16.1. The SMILES string of the molecule is CC(=O)NC1=CN=CC(C)(C)C=C1. The minimum atomic E-state index is -0.0780. The van der Waals surface area contributed by atoms with Crippen LogP contribution in [0.5, 0.6) is 0 Å². The lowest BCUT2D eigenvalue weighted by Gasteiger charge is -2.10. The number of amides is 1. The molecule has 1 aliphatic rings. The standard InChI is InChI=1S/C10H14N2O/c1-8(13)12-9-4-5-10(2,3)7-11-6-9/h4-7H,1-3H3,(H,12,13). The van der Waals surface area contributed by atoms with E-state index >= 15 is 0 Å². The maximum Gasteiger partial charge on any atom is 0.221 e. The van der Waals surface area contributed by atoms with E-state index in [2.05, 4.69) is 24.2 Å². The zero-order chi connectivity index (χ0) is 9.90. The van der Waals surface area contributed by atoms with Crippen LogP contribution in [-0.4, -0.2) is 12.1 Å². The van der Waals surface area contributed by atoms with Crippen LogP contribution in [0.2, 0.25) is 0 Å². The van der Waals surface area contributed by atoms with Crippen LogP contribution in [-0.2, 0) is 4.79 Å². The molecule has 3 nitrogen and oxygen atoms in total. The first-order chi connectivity index (χ1) is 5.99. The second-order valence-corrected chi connectivity index (χ2v) is 3.70. The number of rotatable bonds is 1. The van der Waals surface area contributed by atoms with Gasteiger partial charge >= 0.3 is 0 Å². The minimum Gasteiger partial charge on any atom is -0.325 e. The molecule has 13 heavy (non-hydrogen) atoms. The molecule has 1 aliphatic heterocycles. The second kappa shape index (κ2) is 3.56. The van der Waals surface area contributed by atoms with E-state index in [1.54, 1.807) is 6.20 Å². The Morgan fingerprint density at radius 1 is 1.54 bits per heavy atom. The van der Waals surface area contributed by atoms with E-state index in [-0.39, 0.29) is 11.3 Å². The lowest BCUT2D eigenvalue weighted by molar-refractivity contribution is -0.118. The molecule has 0 spiro atoms. The van der Waals surface area contributed by atoms with Crippen molar-refractivity contribution >= 4 is 12.1 Å². The van der Waals surface area contributed by atoms with E-state index in [1.165, 1.54) is 6.92 Å². The van der Waals surface area contributed by atoms with Crippen molar-refractivity contribution in [1.82, 2.24) is 5.32 Å². The van der Waals surface area contributed by atoms with Gasteiger partial charge in [0.25, 0.3) is 0 Å². The van der Waals surface area contributed by atoms with E-state index in [0.29, 0.717) is 0 Å². The number of nitrogens with one attached hydrogen (secondary N) is 1. The van der Waals surface area contributed by atoms with Gasteiger partial charge in [-0.3, -0.25) is 9.79 Å². The third-order valence-electron chi connectivity index (χ3n) is 1.63. The molecule has 0 radical (unpaired) electrons. The molecule has 1 heterocycles. The molecule has 0 fully saturated rings. The molecule has 0 aromatic heterocycles. The maximum atomic E-state index is 10.7. The Morgan fingerprint density at radius 3 is 2.85 bits per heavy atom. The van der Waals surface area contributed by atoms with E-state index in [9.17, 15) is 4.79 Å². The summed E-state index contributed by atoms with van der Waals surface area (Å²) in [5, 5.41) is 2.68. The van der Waals surface area contributed by atoms with Crippen molar-refractivity contribution in [3.8, 4) is 0 Å². The first-order valence-electron chi connectivity index (χ1n) is 4.21. The van der Waals surface area contributed by atoms with Gasteiger partial charge < -0.3 is 5.32 Å². The molecule has 1 N–H and O–H groups in total. The van der Waals surface area contributed by atoms with Gasteiger partial charge in [-0.1, -0.05) is 19.9 Å². The van der Waals surface area contributed by atoms with Crippen molar-refractivity contribution in [2.75, 3.05) is 0 Å². The van der Waals surface area contributed by atoms with Gasteiger partial charge in [-0.15, -0.1) is 0 Å². The summed E-state index contributed by atoms with van der Waals surface area (Å²) in [6, 6.07) is 0. The number of aliphatic imine (C=N–C) groups is 1. The fraction of sp³-hybridized carbons (Fsp3) is 0.400. The maximum absolute atomic E-state index is 10.7. The Kier molecular flexibility index (Phi) is 2.66. The van der Waals surface area contributed by atoms with Crippen molar-refractivity contribution in [2.45, 2.75) is 20.8 Å². The Bertz CT molecular complexity index is 298. The predicted octanol–water partition coefficient (Wildman–Crippen LogP) is 1.63. The molecule has 0 aliphatic carbocycles. The Hall–Kier alpha value is -1.38. The average Bonchev–Trinajstić information content (AvgIpc) is 2.12. The molecule has 0 unspecified atom stereocenters. The van der Waals surface area contributed by atoms with Crippen molar-refractivity contribution in [2.24, 2.45) is 10.4 Å². The van der Waals surface area contributed by atoms with Crippen molar-refractivity contribution in [3.63, 3.8) is 0 Å². The van der Waals surface area contributed by atoms with Gasteiger partial charge in [0.05, 0.1) is 5.70 Å². The van der Waals surface area contributed by atoms with E-state index in [4.69, 9.17) is 0 Å². The molecule has 1 amide bonds. The number of hydrogen-bond donors (Lipinski definition) is 1. The monoisotopic (exact) mass is 178 g/mol. The smallest absolute Gasteiger partial charge is 0.221 e. The quantitative estimate of drug-likeness (QED) is 0.651. The summed E-state index contributed by atoms with van der Waals surface area (Å²) >= 11 is 0. The van der Waals surface area contributed by atoms with Crippen molar-refractivity contribution in [1.29, 1.82) is 0 Å². The van der Waals surface area contributed by atoms with E-state index in [1.807, 2.05) is 18.4 Å². The summed E-state index contributed by atoms with van der Waals surface area (Å²) in [7, 11) is 0. The molecule has 0 aromatic carbocycles. The molecule has 3 heteroatoms. The highest BCUT2D eigenvalue weighted by molar-refractivity contribution is 5.76. The Balaban J connectivity index is 2.76. The van der Waals surface area contributed by atoms with Crippen LogP contribution in [0.3, 0.4) is 0 Å². The molecule has 0 bridgehead atoms. The van der Waals surface area contributed by atoms with Gasteiger partial charge in [-0.2, -0.15) is 0 Å². The minimum absolute atomic E-state index is 0.0449. The van der Waals surface area contributed by atoms with Gasteiger partial charge in [0, 0.05) is 24.8 Å². The van der Waals surface area contributed by atoms with Crippen molar-refractivity contribution < 1.29 is 4.79 Å². The van der Waals surface area contributed by atoms with Crippen LogP contribution in [0.1, 0.15) is 20.8 Å². The summed E-state index contributed by atoms with van der Waals surface area (Å²) in [5.41, 5.74) is 0.686. The lowest BCUT2D eigenvalue weighted by atomic mass is 9.95. The predicted molar refractivity (Wildman–Crippen MR) is 53.3 cm³/mol. The van der Waals surface area contributed by atoms with Crippen LogP contribution in [0, 0.1) is 5.41 Å². The topological polar surface area (TPSA) is 41.5 Å². The number of allylic oxidation sites excluding steroid dienone is 2. The van der Waals surface area contributed by atoms with E-state index in [0.717, 1.165) is 5.70 Å². The summed E-state index contributed by atoms with van der Waals surface area (Å²) in [5.74, 6) is -0.0780. The van der Waals surface area contributed by atoms with Gasteiger partial charge in [0.1, 0.15) is 0 Å². The molecule has 0 aromatic rings. The van der Waals surface area contributed by atoms with Crippen LogP contribution in [0.4, 0.5) is 0 Å². The normalized spacial score (nSPS) is 19.2. The number of nitrogens with zero attached hydrogens (tertiary/aromatic N) is 1. The van der Waals surface area contributed by atoms with Gasteiger partial charge in [-0.25, -0.2) is 0 Å². The van der Waals surface area contributed by atoms with Gasteiger partial charge in [0.2, 0.25) is 5.91 Å². The molecular weight excluding hydrogens is 164 g/mol. The first-order valence-corrected chi connectivity index (χ1v) is 4.21. The molecule has 0 saturated heterocycles. The Labute approximate surface area is 78.2 Å². The summed E-state index contributed by atoms with van der Waals surface area (Å²) in [6.45, 7) is 5.59. The fourth-order valence-corrected chi connectivity index (χ4v) is 0.978. The van der Waals surface area contributed by atoms with Crippen LogP contribution in [0.15, 0.2) is 29.0 Å². The second-order valence-electron chi connectivity index (χ2n) is 3.70.